The summed E-state index contributed by atoms with van der Waals surface area (Å²) in [7, 11) is 0. The summed E-state index contributed by atoms with van der Waals surface area (Å²) in [5, 5.41) is 0. The summed E-state index contributed by atoms with van der Waals surface area (Å²) in [4.78, 5) is 13.8. The first-order valence-corrected chi connectivity index (χ1v) is 5.72. The highest BCUT2D eigenvalue weighted by molar-refractivity contribution is 7.80. The van der Waals surface area contributed by atoms with Crippen molar-refractivity contribution in [3.8, 4) is 0 Å². The molecule has 1 atom stereocenters. The zero-order valence-electron chi connectivity index (χ0n) is 9.07. The van der Waals surface area contributed by atoms with E-state index in [9.17, 15) is 4.79 Å². The number of amides is 1. The van der Waals surface area contributed by atoms with Crippen molar-refractivity contribution in [1.29, 1.82) is 0 Å². The minimum atomic E-state index is 0.0807. The van der Waals surface area contributed by atoms with Gasteiger partial charge in [-0.05, 0) is 19.8 Å². The lowest BCUT2D eigenvalue weighted by molar-refractivity contribution is -0.132. The second-order valence-corrected chi connectivity index (χ2v) is 4.24. The van der Waals surface area contributed by atoms with Crippen LogP contribution in [0.3, 0.4) is 0 Å². The van der Waals surface area contributed by atoms with E-state index in [1.54, 1.807) is 4.90 Å². The normalized spacial score (nSPS) is 20.2. The zero-order chi connectivity index (χ0) is 11.3. The number of ether oxygens (including phenoxy) is 1. The Morgan fingerprint density at radius 2 is 2.40 bits per heavy atom. The molecule has 1 amide bonds. The van der Waals surface area contributed by atoms with Gasteiger partial charge in [0.2, 0.25) is 5.91 Å². The Balaban J connectivity index is 2.38. The first-order valence-electron chi connectivity index (χ1n) is 5.31. The topological polar surface area (TPSA) is 55.6 Å². The molecule has 0 saturated carbocycles. The molecule has 0 aliphatic carbocycles. The minimum absolute atomic E-state index is 0.0807. The molecule has 1 saturated heterocycles. The molecule has 1 rings (SSSR count). The molecule has 0 aromatic heterocycles. The fourth-order valence-corrected chi connectivity index (χ4v) is 1.85. The van der Waals surface area contributed by atoms with Crippen molar-refractivity contribution in [1.82, 2.24) is 4.90 Å². The Morgan fingerprint density at radius 1 is 1.67 bits per heavy atom. The van der Waals surface area contributed by atoms with Crippen molar-refractivity contribution in [3.05, 3.63) is 0 Å². The average Bonchev–Trinajstić information content (AvgIpc) is 2.66. The van der Waals surface area contributed by atoms with E-state index in [0.717, 1.165) is 19.4 Å². The summed E-state index contributed by atoms with van der Waals surface area (Å²) in [5.74, 6) is 0.0807. The largest absolute Gasteiger partial charge is 0.392 e. The van der Waals surface area contributed by atoms with Gasteiger partial charge in [0, 0.05) is 13.2 Å². The fraction of sp³-hybridized carbons (Fsp3) is 0.800. The third kappa shape index (κ3) is 4.13. The molecule has 1 aliphatic heterocycles. The van der Waals surface area contributed by atoms with Gasteiger partial charge in [0.25, 0.3) is 0 Å². The van der Waals surface area contributed by atoms with Crippen molar-refractivity contribution >= 4 is 23.1 Å². The van der Waals surface area contributed by atoms with Crippen LogP contribution in [-0.2, 0) is 9.53 Å². The molecule has 1 fully saturated rings. The molecule has 1 unspecified atom stereocenters. The Bertz CT molecular complexity index is 240. The predicted octanol–water partition coefficient (Wildman–Crippen LogP) is 0.690. The zero-order valence-corrected chi connectivity index (χ0v) is 9.89. The maximum atomic E-state index is 11.8. The summed E-state index contributed by atoms with van der Waals surface area (Å²) in [6, 6.07) is 0. The molecular formula is C10H18N2O2S. The molecule has 0 bridgehead atoms. The fourth-order valence-electron chi connectivity index (χ4n) is 1.69. The molecular weight excluding hydrogens is 212 g/mol. The van der Waals surface area contributed by atoms with Crippen molar-refractivity contribution in [3.63, 3.8) is 0 Å². The van der Waals surface area contributed by atoms with E-state index in [0.29, 0.717) is 24.5 Å². The van der Waals surface area contributed by atoms with E-state index in [4.69, 9.17) is 22.7 Å². The van der Waals surface area contributed by atoms with Crippen molar-refractivity contribution in [2.75, 3.05) is 19.7 Å². The Kier molecular flexibility index (Phi) is 4.98. The van der Waals surface area contributed by atoms with Gasteiger partial charge in [-0.1, -0.05) is 12.2 Å². The molecule has 0 aromatic carbocycles. The van der Waals surface area contributed by atoms with Gasteiger partial charge in [0.15, 0.2) is 0 Å². The molecule has 1 aliphatic rings. The van der Waals surface area contributed by atoms with Crippen molar-refractivity contribution < 1.29 is 9.53 Å². The standard InChI is InChI=1S/C10H18N2O2S/c1-2-12(7-9(11)15)10(13)6-8-4-3-5-14-8/h8H,2-7H2,1H3,(H2,11,15). The summed E-state index contributed by atoms with van der Waals surface area (Å²) < 4.78 is 5.41. The first kappa shape index (κ1) is 12.4. The second-order valence-electron chi connectivity index (χ2n) is 3.71. The van der Waals surface area contributed by atoms with E-state index in [2.05, 4.69) is 0 Å². The number of rotatable bonds is 5. The van der Waals surface area contributed by atoms with Crippen LogP contribution in [-0.4, -0.2) is 41.6 Å². The Morgan fingerprint density at radius 3 is 2.87 bits per heavy atom. The van der Waals surface area contributed by atoms with Gasteiger partial charge in [-0.3, -0.25) is 4.79 Å². The molecule has 15 heavy (non-hydrogen) atoms. The molecule has 86 valence electrons. The third-order valence-corrected chi connectivity index (χ3v) is 2.64. The molecule has 1 heterocycles. The maximum absolute atomic E-state index is 11.8. The van der Waals surface area contributed by atoms with Crippen LogP contribution in [0.2, 0.25) is 0 Å². The van der Waals surface area contributed by atoms with Gasteiger partial charge >= 0.3 is 0 Å². The lowest BCUT2D eigenvalue weighted by Crippen LogP contribution is -2.38. The molecule has 2 N–H and O–H groups in total. The monoisotopic (exact) mass is 230 g/mol. The molecule has 0 spiro atoms. The van der Waals surface area contributed by atoms with E-state index in [1.165, 1.54) is 0 Å². The van der Waals surface area contributed by atoms with Gasteiger partial charge in [-0.2, -0.15) is 0 Å². The summed E-state index contributed by atoms with van der Waals surface area (Å²) >= 11 is 4.79. The van der Waals surface area contributed by atoms with Gasteiger partial charge in [0.1, 0.15) is 0 Å². The number of likely N-dealkylation sites (N-methyl/N-ethyl adjacent to an activating group) is 1. The van der Waals surface area contributed by atoms with Crippen LogP contribution in [0.5, 0.6) is 0 Å². The summed E-state index contributed by atoms with van der Waals surface area (Å²) in [5.41, 5.74) is 5.42. The third-order valence-electron chi connectivity index (χ3n) is 2.51. The maximum Gasteiger partial charge on any atom is 0.225 e. The molecule has 4 nitrogen and oxygen atoms in total. The number of nitrogens with zero attached hydrogens (tertiary/aromatic N) is 1. The predicted molar refractivity (Wildman–Crippen MR) is 62.6 cm³/mol. The van der Waals surface area contributed by atoms with Gasteiger partial charge in [-0.15, -0.1) is 0 Å². The number of carbonyl (C=O) groups is 1. The molecule has 0 aromatic rings. The van der Waals surface area contributed by atoms with Crippen molar-refractivity contribution in [2.24, 2.45) is 5.73 Å². The molecule has 0 radical (unpaired) electrons. The summed E-state index contributed by atoms with van der Waals surface area (Å²) in [6.45, 7) is 3.71. The smallest absolute Gasteiger partial charge is 0.225 e. The van der Waals surface area contributed by atoms with Crippen LogP contribution in [0.1, 0.15) is 26.2 Å². The average molecular weight is 230 g/mol. The van der Waals surface area contributed by atoms with E-state index >= 15 is 0 Å². The van der Waals surface area contributed by atoms with E-state index in [-0.39, 0.29) is 12.0 Å². The van der Waals surface area contributed by atoms with E-state index < -0.39 is 0 Å². The van der Waals surface area contributed by atoms with Crippen molar-refractivity contribution in [2.45, 2.75) is 32.3 Å². The van der Waals surface area contributed by atoms with Gasteiger partial charge in [-0.25, -0.2) is 0 Å². The highest BCUT2D eigenvalue weighted by Gasteiger charge is 2.22. The highest BCUT2D eigenvalue weighted by atomic mass is 32.1. The second kappa shape index (κ2) is 6.02. The number of nitrogens with two attached hydrogens (primary N) is 1. The van der Waals surface area contributed by atoms with Crippen LogP contribution in [0.25, 0.3) is 0 Å². The lowest BCUT2D eigenvalue weighted by atomic mass is 10.1. The first-order chi connectivity index (χ1) is 7.13. The summed E-state index contributed by atoms with van der Waals surface area (Å²) in [6.07, 6.45) is 2.59. The Hall–Kier alpha value is -0.680. The number of hydrogen-bond acceptors (Lipinski definition) is 3. The van der Waals surface area contributed by atoms with Gasteiger partial charge in [0.05, 0.1) is 24.1 Å². The Labute approximate surface area is 95.8 Å². The van der Waals surface area contributed by atoms with Crippen LogP contribution in [0.15, 0.2) is 0 Å². The number of thiocarbonyl (C=S) groups is 1. The van der Waals surface area contributed by atoms with E-state index in [1.807, 2.05) is 6.92 Å². The lowest BCUT2D eigenvalue weighted by Gasteiger charge is -2.21. The molecule has 5 heteroatoms. The van der Waals surface area contributed by atoms with Crippen LogP contribution >= 0.6 is 12.2 Å². The van der Waals surface area contributed by atoms with Crippen LogP contribution in [0, 0.1) is 0 Å². The quantitative estimate of drug-likeness (QED) is 0.706. The number of hydrogen-bond donors (Lipinski definition) is 1. The van der Waals surface area contributed by atoms with Crippen LogP contribution < -0.4 is 5.73 Å². The SMILES string of the molecule is CCN(CC(N)=S)C(=O)CC1CCCO1. The highest BCUT2D eigenvalue weighted by Crippen LogP contribution is 2.16. The minimum Gasteiger partial charge on any atom is -0.392 e. The number of carbonyl (C=O) groups excluding carboxylic acids is 1. The van der Waals surface area contributed by atoms with Crippen LogP contribution in [0.4, 0.5) is 0 Å². The van der Waals surface area contributed by atoms with Gasteiger partial charge < -0.3 is 15.4 Å².